The fraction of sp³-hybridized carbons (Fsp3) is 0.133. The number of nitrogens with zero attached hydrogens (tertiary/aromatic N) is 2. The van der Waals surface area contributed by atoms with E-state index in [2.05, 4.69) is 10.5 Å². The normalized spacial score (nSPS) is 11.3. The second-order valence-corrected chi connectivity index (χ2v) is 6.50. The highest BCUT2D eigenvalue weighted by Gasteiger charge is 2.18. The Labute approximate surface area is 149 Å². The molecule has 0 aromatic heterocycles. The molecule has 0 spiro atoms. The summed E-state index contributed by atoms with van der Waals surface area (Å²) >= 11 is 0. The van der Waals surface area contributed by atoms with Gasteiger partial charge < -0.3 is 9.47 Å². The van der Waals surface area contributed by atoms with Gasteiger partial charge in [0, 0.05) is 12.1 Å². The maximum Gasteiger partial charge on any atom is 0.270 e. The van der Waals surface area contributed by atoms with E-state index in [1.54, 1.807) is 18.2 Å². The zero-order chi connectivity index (χ0) is 19.3. The molecular weight excluding hydrogens is 364 g/mol. The van der Waals surface area contributed by atoms with Gasteiger partial charge in [-0.3, -0.25) is 15.5 Å². The predicted octanol–water partition coefficient (Wildman–Crippen LogP) is 1.71. The molecule has 26 heavy (non-hydrogen) atoms. The monoisotopic (exact) mass is 380 g/mol. The van der Waals surface area contributed by atoms with Crippen molar-refractivity contribution in [3.05, 3.63) is 52.1 Å². The Morgan fingerprint density at radius 3 is 2.42 bits per heavy atom. The Hall–Kier alpha value is -3.18. The number of hydrogen-bond acceptors (Lipinski definition) is 8. The standard InChI is InChI=1S/C15H16N4O6S/c1-24-13-6-3-10(7-14(13)25-2)9-17-18-12-5-4-11(19(20)21)8-15(12)26(16,22)23/h3-9,18H,1-2H3,(H2,16,22,23)/b17-9-. The second-order valence-electron chi connectivity index (χ2n) is 4.97. The lowest BCUT2D eigenvalue weighted by Gasteiger charge is -2.08. The zero-order valence-electron chi connectivity index (χ0n) is 13.9. The molecule has 0 saturated carbocycles. The van der Waals surface area contributed by atoms with Crippen molar-refractivity contribution in [3.8, 4) is 11.5 Å². The van der Waals surface area contributed by atoms with Crippen LogP contribution in [-0.2, 0) is 10.0 Å². The van der Waals surface area contributed by atoms with Gasteiger partial charge in [0.25, 0.3) is 5.69 Å². The number of nitrogens with two attached hydrogens (primary N) is 1. The molecule has 0 heterocycles. The SMILES string of the molecule is COc1ccc(/C=N\Nc2ccc([N+](=O)[O-])cc2S(N)(=O)=O)cc1OC. The van der Waals surface area contributed by atoms with Gasteiger partial charge in [-0.1, -0.05) is 0 Å². The molecule has 0 saturated heterocycles. The molecule has 2 rings (SSSR count). The highest BCUT2D eigenvalue weighted by Crippen LogP contribution is 2.27. The molecule has 3 N–H and O–H groups in total. The van der Waals surface area contributed by atoms with Crippen LogP contribution >= 0.6 is 0 Å². The summed E-state index contributed by atoms with van der Waals surface area (Å²) in [5, 5.41) is 19.8. The third-order valence-electron chi connectivity index (χ3n) is 3.29. The minimum absolute atomic E-state index is 0.00910. The summed E-state index contributed by atoms with van der Waals surface area (Å²) in [5.41, 5.74) is 2.77. The number of rotatable bonds is 7. The Morgan fingerprint density at radius 2 is 1.85 bits per heavy atom. The van der Waals surface area contributed by atoms with Gasteiger partial charge in [0.05, 0.1) is 31.0 Å². The van der Waals surface area contributed by atoms with Gasteiger partial charge >= 0.3 is 0 Å². The summed E-state index contributed by atoms with van der Waals surface area (Å²) in [6, 6.07) is 8.28. The van der Waals surface area contributed by atoms with Crippen LogP contribution in [0.3, 0.4) is 0 Å². The molecule has 0 atom stereocenters. The first-order valence-electron chi connectivity index (χ1n) is 7.08. The molecule has 10 nitrogen and oxygen atoms in total. The number of primary sulfonamides is 1. The highest BCUT2D eigenvalue weighted by atomic mass is 32.2. The molecule has 0 aliphatic heterocycles. The van der Waals surface area contributed by atoms with E-state index in [0.29, 0.717) is 17.1 Å². The molecule has 11 heteroatoms. The van der Waals surface area contributed by atoms with Crippen LogP contribution in [0.5, 0.6) is 11.5 Å². The van der Waals surface area contributed by atoms with Gasteiger partial charge in [0.1, 0.15) is 4.90 Å². The van der Waals surface area contributed by atoms with Crippen molar-refractivity contribution in [2.24, 2.45) is 10.2 Å². The number of non-ortho nitro benzene ring substituents is 1. The van der Waals surface area contributed by atoms with E-state index in [1.165, 1.54) is 26.5 Å². The maximum atomic E-state index is 11.6. The molecule has 138 valence electrons. The van der Waals surface area contributed by atoms with Crippen LogP contribution in [0.4, 0.5) is 11.4 Å². The van der Waals surface area contributed by atoms with Gasteiger partial charge in [-0.2, -0.15) is 5.10 Å². The number of sulfonamides is 1. The Balaban J connectivity index is 2.29. The number of methoxy groups -OCH3 is 2. The van der Waals surface area contributed by atoms with E-state index in [4.69, 9.17) is 14.6 Å². The quantitative estimate of drug-likeness (QED) is 0.422. The van der Waals surface area contributed by atoms with E-state index in [-0.39, 0.29) is 5.69 Å². The third-order valence-corrected chi connectivity index (χ3v) is 4.24. The third kappa shape index (κ3) is 4.46. The van der Waals surface area contributed by atoms with Crippen LogP contribution < -0.4 is 20.0 Å². The summed E-state index contributed by atoms with van der Waals surface area (Å²) in [7, 11) is -1.18. The molecule has 0 bridgehead atoms. The number of hydrazone groups is 1. The number of benzene rings is 2. The first kappa shape index (κ1) is 19.1. The fourth-order valence-electron chi connectivity index (χ4n) is 2.06. The van der Waals surface area contributed by atoms with Gasteiger partial charge in [-0.25, -0.2) is 13.6 Å². The molecule has 2 aromatic carbocycles. The Bertz CT molecular complexity index is 959. The van der Waals surface area contributed by atoms with Crippen molar-refractivity contribution < 1.29 is 22.8 Å². The number of anilines is 1. The first-order valence-corrected chi connectivity index (χ1v) is 8.63. The van der Waals surface area contributed by atoms with Crippen molar-refractivity contribution in [2.75, 3.05) is 19.6 Å². The minimum Gasteiger partial charge on any atom is -0.493 e. The molecule has 0 fully saturated rings. The predicted molar refractivity (Wildman–Crippen MR) is 95.2 cm³/mol. The molecule has 0 unspecified atom stereocenters. The fourth-order valence-corrected chi connectivity index (χ4v) is 2.77. The summed E-state index contributed by atoms with van der Waals surface area (Å²) in [4.78, 5) is 9.65. The van der Waals surface area contributed by atoms with Gasteiger partial charge in [0.15, 0.2) is 11.5 Å². The molecule has 0 amide bonds. The Morgan fingerprint density at radius 1 is 1.15 bits per heavy atom. The summed E-state index contributed by atoms with van der Waals surface area (Å²) in [5.74, 6) is 1.04. The maximum absolute atomic E-state index is 11.6. The average molecular weight is 380 g/mol. The van der Waals surface area contributed by atoms with Crippen LogP contribution in [0, 0.1) is 10.1 Å². The van der Waals surface area contributed by atoms with Crippen molar-refractivity contribution in [1.82, 2.24) is 0 Å². The topological polar surface area (TPSA) is 146 Å². The van der Waals surface area contributed by atoms with E-state index < -0.39 is 25.5 Å². The van der Waals surface area contributed by atoms with Gasteiger partial charge in [-0.05, 0) is 29.8 Å². The zero-order valence-corrected chi connectivity index (χ0v) is 14.7. The minimum atomic E-state index is -4.18. The van der Waals surface area contributed by atoms with Crippen LogP contribution in [0.1, 0.15) is 5.56 Å². The van der Waals surface area contributed by atoms with Crippen molar-refractivity contribution in [1.29, 1.82) is 0 Å². The lowest BCUT2D eigenvalue weighted by atomic mass is 10.2. The summed E-state index contributed by atoms with van der Waals surface area (Å²) in [6.45, 7) is 0. The van der Waals surface area contributed by atoms with Crippen LogP contribution in [-0.4, -0.2) is 33.8 Å². The molecule has 2 aromatic rings. The highest BCUT2D eigenvalue weighted by molar-refractivity contribution is 7.89. The number of hydrogen-bond donors (Lipinski definition) is 2. The van der Waals surface area contributed by atoms with E-state index in [9.17, 15) is 18.5 Å². The van der Waals surface area contributed by atoms with Crippen molar-refractivity contribution in [2.45, 2.75) is 4.90 Å². The first-order chi connectivity index (χ1) is 12.3. The smallest absolute Gasteiger partial charge is 0.270 e. The van der Waals surface area contributed by atoms with E-state index in [0.717, 1.165) is 12.1 Å². The van der Waals surface area contributed by atoms with Crippen LogP contribution in [0.25, 0.3) is 0 Å². The number of nitro benzene ring substituents is 1. The van der Waals surface area contributed by atoms with E-state index in [1.807, 2.05) is 0 Å². The largest absolute Gasteiger partial charge is 0.493 e. The Kier molecular flexibility index (Phi) is 5.75. The van der Waals surface area contributed by atoms with Gasteiger partial charge in [-0.15, -0.1) is 0 Å². The van der Waals surface area contributed by atoms with Crippen molar-refractivity contribution >= 4 is 27.6 Å². The molecule has 0 radical (unpaired) electrons. The van der Waals surface area contributed by atoms with Crippen LogP contribution in [0.15, 0.2) is 46.4 Å². The average Bonchev–Trinajstić information content (AvgIpc) is 2.60. The number of ether oxygens (including phenoxy) is 2. The summed E-state index contributed by atoms with van der Waals surface area (Å²) < 4.78 is 33.6. The molecule has 0 aliphatic carbocycles. The second kappa shape index (κ2) is 7.80. The summed E-state index contributed by atoms with van der Waals surface area (Å²) in [6.07, 6.45) is 1.41. The van der Waals surface area contributed by atoms with Crippen molar-refractivity contribution in [3.63, 3.8) is 0 Å². The van der Waals surface area contributed by atoms with Crippen LogP contribution in [0.2, 0.25) is 0 Å². The number of nitro groups is 1. The molecular formula is C15H16N4O6S. The van der Waals surface area contributed by atoms with Gasteiger partial charge in [0.2, 0.25) is 10.0 Å². The lowest BCUT2D eigenvalue weighted by Crippen LogP contribution is -2.14. The molecule has 0 aliphatic rings. The van der Waals surface area contributed by atoms with E-state index >= 15 is 0 Å². The number of nitrogens with one attached hydrogen (secondary N) is 1. The lowest BCUT2D eigenvalue weighted by molar-refractivity contribution is -0.385.